The first-order valence-electron chi connectivity index (χ1n) is 7.26. The van der Waals surface area contributed by atoms with Gasteiger partial charge in [-0.05, 0) is 36.6 Å². The van der Waals surface area contributed by atoms with Gasteiger partial charge in [0.2, 0.25) is 0 Å². The van der Waals surface area contributed by atoms with Crippen LogP contribution in [0.5, 0.6) is 0 Å². The predicted octanol–water partition coefficient (Wildman–Crippen LogP) is 3.91. The lowest BCUT2D eigenvalue weighted by atomic mass is 10.1. The van der Waals surface area contributed by atoms with Gasteiger partial charge >= 0.3 is 12.3 Å². The van der Waals surface area contributed by atoms with Crippen molar-refractivity contribution in [2.75, 3.05) is 11.9 Å². The van der Waals surface area contributed by atoms with Crippen molar-refractivity contribution in [3.8, 4) is 0 Å². The quantitative estimate of drug-likeness (QED) is 0.835. The smallest absolute Gasteiger partial charge is 0.416 e. The molecule has 0 fully saturated rings. The molecule has 10 heteroatoms. The highest BCUT2D eigenvalue weighted by Crippen LogP contribution is 2.30. The first-order valence-corrected chi connectivity index (χ1v) is 8.14. The van der Waals surface area contributed by atoms with Crippen LogP contribution in [-0.2, 0) is 10.9 Å². The molecule has 1 aromatic carbocycles. The fraction of sp³-hybridized carbons (Fsp3) is 0.188. The molecule has 2 rings (SSSR count). The number of rotatable bonds is 4. The molecule has 2 aromatic rings. The molecule has 138 valence electrons. The summed E-state index contributed by atoms with van der Waals surface area (Å²) in [5.74, 6) is -1.62. The van der Waals surface area contributed by atoms with Gasteiger partial charge in [-0.1, -0.05) is 6.07 Å². The molecule has 0 spiro atoms. The number of anilines is 1. The van der Waals surface area contributed by atoms with Crippen LogP contribution in [0, 0.1) is 0 Å². The number of thiophene rings is 1. The molecule has 1 aromatic heterocycles. The molecule has 2 N–H and O–H groups in total. The summed E-state index contributed by atoms with van der Waals surface area (Å²) in [5, 5.41) is 5.92. The Hall–Kier alpha value is -2.88. The average Bonchev–Trinajstić information content (AvgIpc) is 3.02. The first kappa shape index (κ1) is 19.4. The third kappa shape index (κ3) is 4.82. The summed E-state index contributed by atoms with van der Waals surface area (Å²) in [6.07, 6.45) is -5.52. The summed E-state index contributed by atoms with van der Waals surface area (Å²) in [5.41, 5.74) is -1.19. The molecule has 0 radical (unpaired) electrons. The Bertz CT molecular complexity index is 833. The van der Waals surface area contributed by atoms with Crippen LogP contribution in [0.25, 0.3) is 0 Å². The van der Waals surface area contributed by atoms with E-state index in [-0.39, 0.29) is 22.7 Å². The van der Waals surface area contributed by atoms with Crippen LogP contribution >= 0.6 is 11.3 Å². The van der Waals surface area contributed by atoms with Gasteiger partial charge < -0.3 is 10.1 Å². The summed E-state index contributed by atoms with van der Waals surface area (Å²) in [7, 11) is 0. The molecule has 0 unspecified atom stereocenters. The van der Waals surface area contributed by atoms with E-state index in [0.29, 0.717) is 6.07 Å². The van der Waals surface area contributed by atoms with Crippen molar-refractivity contribution in [1.82, 2.24) is 5.32 Å². The Morgan fingerprint density at radius 2 is 1.88 bits per heavy atom. The largest absolute Gasteiger partial charge is 0.450 e. The van der Waals surface area contributed by atoms with Crippen LogP contribution in [0.1, 0.15) is 33.2 Å². The van der Waals surface area contributed by atoms with Gasteiger partial charge in [0.15, 0.2) is 0 Å². The minimum atomic E-state index is -4.58. The number of ether oxygens (including phenoxy) is 1. The minimum Gasteiger partial charge on any atom is -0.450 e. The predicted molar refractivity (Wildman–Crippen MR) is 88.2 cm³/mol. The Kier molecular flexibility index (Phi) is 5.98. The molecule has 0 saturated heterocycles. The maximum absolute atomic E-state index is 12.7. The van der Waals surface area contributed by atoms with Crippen LogP contribution in [0.4, 0.5) is 23.0 Å². The summed E-state index contributed by atoms with van der Waals surface area (Å²) in [4.78, 5) is 35.5. The number of hydrogen-bond acceptors (Lipinski definition) is 5. The Balaban J connectivity index is 2.15. The average molecular weight is 386 g/mol. The van der Waals surface area contributed by atoms with Crippen LogP contribution < -0.4 is 10.6 Å². The molecule has 0 atom stereocenters. The molecule has 0 bridgehead atoms. The van der Waals surface area contributed by atoms with E-state index in [1.807, 2.05) is 5.32 Å². The number of benzene rings is 1. The first-order chi connectivity index (χ1) is 12.2. The lowest BCUT2D eigenvalue weighted by molar-refractivity contribution is -0.137. The minimum absolute atomic E-state index is 0.0108. The van der Waals surface area contributed by atoms with Crippen molar-refractivity contribution < 1.29 is 32.3 Å². The number of carbonyl (C=O) groups is 3. The topological polar surface area (TPSA) is 84.5 Å². The summed E-state index contributed by atoms with van der Waals surface area (Å²) in [6, 6.07) is 5.25. The number of amides is 3. The van der Waals surface area contributed by atoms with Crippen LogP contribution in [0.3, 0.4) is 0 Å². The van der Waals surface area contributed by atoms with Gasteiger partial charge in [0.25, 0.3) is 11.8 Å². The zero-order valence-electron chi connectivity index (χ0n) is 13.3. The van der Waals surface area contributed by atoms with Crippen molar-refractivity contribution in [3.05, 3.63) is 52.4 Å². The third-order valence-electron chi connectivity index (χ3n) is 3.08. The molecule has 0 saturated carbocycles. The standard InChI is InChI=1S/C16H13F3N2O4S/c1-2-25-15(24)21-13(23)11-6-7-26-14(11)20-12(22)9-4-3-5-10(8-9)16(17,18)19/h3-8H,2H2,1H3,(H,20,22)(H,21,23,24). The Morgan fingerprint density at radius 1 is 1.15 bits per heavy atom. The van der Waals surface area contributed by atoms with Crippen molar-refractivity contribution in [2.45, 2.75) is 13.1 Å². The van der Waals surface area contributed by atoms with E-state index in [1.54, 1.807) is 6.92 Å². The molecule has 3 amide bonds. The number of halogens is 3. The van der Waals surface area contributed by atoms with E-state index in [0.717, 1.165) is 23.5 Å². The third-order valence-corrected chi connectivity index (χ3v) is 3.91. The fourth-order valence-corrected chi connectivity index (χ4v) is 2.70. The Labute approximate surface area is 150 Å². The maximum atomic E-state index is 12.7. The monoisotopic (exact) mass is 386 g/mol. The molecule has 26 heavy (non-hydrogen) atoms. The molecule has 0 aliphatic carbocycles. The van der Waals surface area contributed by atoms with Crippen LogP contribution in [-0.4, -0.2) is 24.5 Å². The normalized spacial score (nSPS) is 10.9. The number of hydrogen-bond donors (Lipinski definition) is 2. The van der Waals surface area contributed by atoms with E-state index < -0.39 is 29.6 Å². The van der Waals surface area contributed by atoms with E-state index in [1.165, 1.54) is 17.5 Å². The highest BCUT2D eigenvalue weighted by molar-refractivity contribution is 7.14. The van der Waals surface area contributed by atoms with Crippen LogP contribution in [0.15, 0.2) is 35.7 Å². The number of nitrogens with one attached hydrogen (secondary N) is 2. The zero-order chi connectivity index (χ0) is 19.3. The van der Waals surface area contributed by atoms with Gasteiger partial charge in [0.1, 0.15) is 5.00 Å². The van der Waals surface area contributed by atoms with Crippen LogP contribution in [0.2, 0.25) is 0 Å². The van der Waals surface area contributed by atoms with E-state index in [4.69, 9.17) is 0 Å². The molecule has 0 aliphatic rings. The molecular weight excluding hydrogens is 373 g/mol. The summed E-state index contributed by atoms with van der Waals surface area (Å²) < 4.78 is 42.8. The second kappa shape index (κ2) is 8.00. The lowest BCUT2D eigenvalue weighted by Gasteiger charge is -2.09. The Morgan fingerprint density at radius 3 is 2.54 bits per heavy atom. The maximum Gasteiger partial charge on any atom is 0.416 e. The number of imide groups is 1. The second-order valence-electron chi connectivity index (χ2n) is 4.87. The van der Waals surface area contributed by atoms with Crippen molar-refractivity contribution in [1.29, 1.82) is 0 Å². The van der Waals surface area contributed by atoms with Crippen molar-refractivity contribution in [2.24, 2.45) is 0 Å². The van der Waals surface area contributed by atoms with E-state index in [2.05, 4.69) is 10.1 Å². The van der Waals surface area contributed by atoms with Gasteiger partial charge in [-0.3, -0.25) is 14.9 Å². The van der Waals surface area contributed by atoms with Crippen molar-refractivity contribution in [3.63, 3.8) is 0 Å². The second-order valence-corrected chi connectivity index (χ2v) is 5.79. The van der Waals surface area contributed by atoms with Gasteiger partial charge in [0, 0.05) is 5.56 Å². The number of carbonyl (C=O) groups excluding carboxylic acids is 3. The highest BCUT2D eigenvalue weighted by Gasteiger charge is 2.31. The van der Waals surface area contributed by atoms with Gasteiger partial charge in [0.05, 0.1) is 17.7 Å². The van der Waals surface area contributed by atoms with E-state index >= 15 is 0 Å². The summed E-state index contributed by atoms with van der Waals surface area (Å²) >= 11 is 0.984. The zero-order valence-corrected chi connectivity index (χ0v) is 14.2. The SMILES string of the molecule is CCOC(=O)NC(=O)c1ccsc1NC(=O)c1cccc(C(F)(F)F)c1. The number of alkyl carbamates (subject to hydrolysis) is 1. The fourth-order valence-electron chi connectivity index (χ4n) is 1.92. The van der Waals surface area contributed by atoms with E-state index in [9.17, 15) is 27.6 Å². The number of alkyl halides is 3. The highest BCUT2D eigenvalue weighted by atomic mass is 32.1. The van der Waals surface area contributed by atoms with Crippen molar-refractivity contribution >= 4 is 34.2 Å². The molecule has 0 aliphatic heterocycles. The lowest BCUT2D eigenvalue weighted by Crippen LogP contribution is -2.31. The molecule has 1 heterocycles. The van der Waals surface area contributed by atoms with Gasteiger partial charge in [-0.15, -0.1) is 11.3 Å². The molecular formula is C16H13F3N2O4S. The van der Waals surface area contributed by atoms with Gasteiger partial charge in [-0.25, -0.2) is 4.79 Å². The molecule has 6 nitrogen and oxygen atoms in total. The van der Waals surface area contributed by atoms with Gasteiger partial charge in [-0.2, -0.15) is 13.2 Å². The summed E-state index contributed by atoms with van der Waals surface area (Å²) in [6.45, 7) is 1.64.